The molecular formula is C48H34. The molecule has 0 saturated carbocycles. The van der Waals surface area contributed by atoms with Crippen molar-refractivity contribution < 1.29 is 0 Å². The van der Waals surface area contributed by atoms with E-state index in [-0.39, 0.29) is 0 Å². The Bertz CT molecular complexity index is 2520. The van der Waals surface area contributed by atoms with E-state index in [9.17, 15) is 0 Å². The Morgan fingerprint density at radius 2 is 0.896 bits per heavy atom. The molecule has 0 amide bonds. The first kappa shape index (κ1) is 28.3. The third-order valence-corrected chi connectivity index (χ3v) is 10.0. The first-order valence-corrected chi connectivity index (χ1v) is 16.9. The molecule has 0 aromatic heterocycles. The second kappa shape index (κ2) is 12.0. The van der Waals surface area contributed by atoms with Crippen LogP contribution in [0.15, 0.2) is 194 Å². The van der Waals surface area contributed by atoms with Gasteiger partial charge in [0.15, 0.2) is 0 Å². The highest BCUT2D eigenvalue weighted by Gasteiger charge is 2.27. The molecule has 0 spiro atoms. The van der Waals surface area contributed by atoms with Crippen LogP contribution in [0.1, 0.15) is 5.56 Å². The summed E-state index contributed by atoms with van der Waals surface area (Å²) in [6, 6.07) is 55.5. The van der Waals surface area contributed by atoms with Crippen LogP contribution in [0.25, 0.3) is 70.9 Å². The van der Waals surface area contributed by atoms with Crippen molar-refractivity contribution in [2.75, 3.05) is 0 Å². The van der Waals surface area contributed by atoms with Crippen molar-refractivity contribution in [1.29, 1.82) is 0 Å². The third kappa shape index (κ3) is 4.86. The molecule has 2 aliphatic rings. The van der Waals surface area contributed by atoms with Crippen LogP contribution < -0.4 is 0 Å². The van der Waals surface area contributed by atoms with Gasteiger partial charge in [0.05, 0.1) is 0 Å². The van der Waals surface area contributed by atoms with Crippen molar-refractivity contribution >= 4 is 48.7 Å². The molecule has 7 aromatic rings. The Morgan fingerprint density at radius 3 is 1.65 bits per heavy atom. The molecule has 0 bridgehead atoms. The van der Waals surface area contributed by atoms with E-state index in [1.165, 1.54) is 76.5 Å². The molecule has 0 aliphatic heterocycles. The number of fused-ring (bicyclic) bond motifs is 5. The predicted molar refractivity (Wildman–Crippen MR) is 207 cm³/mol. The van der Waals surface area contributed by atoms with E-state index < -0.39 is 0 Å². The lowest BCUT2D eigenvalue weighted by molar-refractivity contribution is 0.679. The van der Waals surface area contributed by atoms with E-state index in [1.54, 1.807) is 0 Å². The smallest absolute Gasteiger partial charge is 0.0125 e. The van der Waals surface area contributed by atoms with Crippen LogP contribution in [0.4, 0.5) is 0 Å². The fourth-order valence-electron chi connectivity index (χ4n) is 7.82. The summed E-state index contributed by atoms with van der Waals surface area (Å²) >= 11 is 0. The third-order valence-electron chi connectivity index (χ3n) is 10.0. The molecule has 0 heterocycles. The van der Waals surface area contributed by atoms with Crippen LogP contribution in [0.5, 0.6) is 0 Å². The summed E-state index contributed by atoms with van der Waals surface area (Å²) < 4.78 is 0. The van der Waals surface area contributed by atoms with Crippen molar-refractivity contribution in [3.05, 3.63) is 200 Å². The number of hydrogen-bond acceptors (Lipinski definition) is 0. The summed E-state index contributed by atoms with van der Waals surface area (Å²) in [4.78, 5) is 0. The first-order chi connectivity index (χ1) is 23.8. The van der Waals surface area contributed by atoms with Gasteiger partial charge in [-0.3, -0.25) is 0 Å². The van der Waals surface area contributed by atoms with Gasteiger partial charge in [-0.05, 0) is 88.6 Å². The Balaban J connectivity index is 1.27. The normalized spacial score (nSPS) is 16.6. The summed E-state index contributed by atoms with van der Waals surface area (Å²) in [5, 5.41) is 10.1. The fraction of sp³-hybridized carbons (Fsp3) is 0.0417. The lowest BCUT2D eigenvalue weighted by Crippen LogP contribution is -2.15. The zero-order chi connectivity index (χ0) is 31.9. The number of allylic oxidation sites excluding steroid dienone is 8. The maximum absolute atomic E-state index is 2.39. The largest absolute Gasteiger partial charge is 0.0767 e. The van der Waals surface area contributed by atoms with Crippen molar-refractivity contribution in [3.8, 4) is 22.3 Å². The van der Waals surface area contributed by atoms with Crippen LogP contribution >= 0.6 is 0 Å². The molecule has 0 fully saturated rings. The molecule has 2 atom stereocenters. The van der Waals surface area contributed by atoms with E-state index in [0.29, 0.717) is 11.8 Å². The molecule has 0 nitrogen and oxygen atoms in total. The highest BCUT2D eigenvalue weighted by Crippen LogP contribution is 2.47. The molecular weight excluding hydrogens is 577 g/mol. The van der Waals surface area contributed by atoms with Crippen LogP contribution in [-0.2, 0) is 0 Å². The molecule has 7 aromatic carbocycles. The van der Waals surface area contributed by atoms with Gasteiger partial charge in [0.1, 0.15) is 0 Å². The lowest BCUT2D eigenvalue weighted by Gasteiger charge is -2.29. The van der Waals surface area contributed by atoms with E-state index in [2.05, 4.69) is 194 Å². The number of rotatable bonds is 3. The topological polar surface area (TPSA) is 0 Å². The van der Waals surface area contributed by atoms with Gasteiger partial charge < -0.3 is 0 Å². The average Bonchev–Trinajstić information content (AvgIpc) is 3.15. The zero-order valence-corrected chi connectivity index (χ0v) is 26.6. The molecule has 9 rings (SSSR count). The molecule has 0 N–H and O–H groups in total. The maximum atomic E-state index is 2.39. The maximum Gasteiger partial charge on any atom is 0.0125 e. The second-order valence-electron chi connectivity index (χ2n) is 12.8. The summed E-state index contributed by atoms with van der Waals surface area (Å²) in [7, 11) is 0. The minimum absolute atomic E-state index is 0.333. The minimum Gasteiger partial charge on any atom is -0.0767 e. The standard InChI is InChI=1S/C48H34/c1-2-4-15-34-16-6-8-20-39(34)41(19-5-3-1)36-29-27-33-28-30-37(32-38(33)31-36)47-43-22-10-12-24-45(43)48(46-25-13-11-23-44(46)47)42-26-14-18-35-17-7-9-21-40(35)42/h1-32,35,40H. The molecule has 0 radical (unpaired) electrons. The average molecular weight is 611 g/mol. The fourth-order valence-corrected chi connectivity index (χ4v) is 7.82. The van der Waals surface area contributed by atoms with Crippen molar-refractivity contribution in [2.24, 2.45) is 11.8 Å². The number of hydrogen-bond donors (Lipinski definition) is 0. The monoisotopic (exact) mass is 610 g/mol. The Morgan fingerprint density at radius 1 is 0.354 bits per heavy atom. The van der Waals surface area contributed by atoms with Gasteiger partial charge in [-0.15, -0.1) is 0 Å². The Hall–Kier alpha value is -5.98. The molecule has 2 aliphatic carbocycles. The van der Waals surface area contributed by atoms with Crippen LogP contribution in [0.3, 0.4) is 0 Å². The van der Waals surface area contributed by atoms with Crippen LogP contribution in [0.2, 0.25) is 0 Å². The van der Waals surface area contributed by atoms with Gasteiger partial charge in [-0.2, -0.15) is 0 Å². The molecule has 0 heteroatoms. The van der Waals surface area contributed by atoms with E-state index in [1.807, 2.05) is 0 Å². The predicted octanol–water partition coefficient (Wildman–Crippen LogP) is 13.1. The van der Waals surface area contributed by atoms with Gasteiger partial charge in [-0.1, -0.05) is 182 Å². The molecule has 0 saturated heterocycles. The minimum atomic E-state index is 0.333. The SMILES string of the molecule is C1=CC2C=CC=C(c3c4ccccc4c(-c4ccc5ccc(-c6cccccccc7ccccc67)cc5c4)c4ccccc34)C2C=C1. The quantitative estimate of drug-likeness (QED) is 0.175. The van der Waals surface area contributed by atoms with Crippen molar-refractivity contribution in [1.82, 2.24) is 0 Å². The van der Waals surface area contributed by atoms with E-state index in [4.69, 9.17) is 0 Å². The van der Waals surface area contributed by atoms with Crippen molar-refractivity contribution in [3.63, 3.8) is 0 Å². The Labute approximate surface area is 281 Å². The van der Waals surface area contributed by atoms with Crippen molar-refractivity contribution in [2.45, 2.75) is 0 Å². The first-order valence-electron chi connectivity index (χ1n) is 16.9. The van der Waals surface area contributed by atoms with Gasteiger partial charge >= 0.3 is 0 Å². The highest BCUT2D eigenvalue weighted by atomic mass is 14.3. The highest BCUT2D eigenvalue weighted by molar-refractivity contribution is 6.19. The van der Waals surface area contributed by atoms with E-state index in [0.717, 1.165) is 0 Å². The summed E-state index contributed by atoms with van der Waals surface area (Å²) in [6.45, 7) is 0. The van der Waals surface area contributed by atoms with Gasteiger partial charge in [-0.25, -0.2) is 0 Å². The molecule has 48 heavy (non-hydrogen) atoms. The summed E-state index contributed by atoms with van der Waals surface area (Å²) in [5.41, 5.74) is 7.70. The van der Waals surface area contributed by atoms with E-state index >= 15 is 0 Å². The van der Waals surface area contributed by atoms with Crippen LogP contribution in [0, 0.1) is 11.8 Å². The number of benzene rings is 6. The summed E-state index contributed by atoms with van der Waals surface area (Å²) in [6.07, 6.45) is 16.0. The molecule has 2 unspecified atom stereocenters. The molecule has 226 valence electrons. The van der Waals surface area contributed by atoms with Gasteiger partial charge in [0.25, 0.3) is 0 Å². The lowest BCUT2D eigenvalue weighted by atomic mass is 9.74. The van der Waals surface area contributed by atoms with Gasteiger partial charge in [0.2, 0.25) is 0 Å². The van der Waals surface area contributed by atoms with Gasteiger partial charge in [0, 0.05) is 11.8 Å². The summed E-state index contributed by atoms with van der Waals surface area (Å²) in [5.74, 6) is 0.720. The zero-order valence-electron chi connectivity index (χ0n) is 26.6. The Kier molecular flexibility index (Phi) is 7.06. The second-order valence-corrected chi connectivity index (χ2v) is 12.8. The van der Waals surface area contributed by atoms with Crippen LogP contribution in [-0.4, -0.2) is 0 Å².